The maximum absolute atomic E-state index is 12.9. The number of aromatic nitrogens is 2. The molecule has 0 unspecified atom stereocenters. The number of benzene rings is 2. The van der Waals surface area contributed by atoms with E-state index in [1.165, 1.54) is 12.1 Å². The third kappa shape index (κ3) is 4.55. The van der Waals surface area contributed by atoms with E-state index in [0.29, 0.717) is 28.5 Å². The summed E-state index contributed by atoms with van der Waals surface area (Å²) in [7, 11) is 0. The van der Waals surface area contributed by atoms with Crippen molar-refractivity contribution in [2.24, 2.45) is 0 Å². The van der Waals surface area contributed by atoms with Crippen molar-refractivity contribution < 1.29 is 18.0 Å². The van der Waals surface area contributed by atoms with Crippen LogP contribution in [0.25, 0.3) is 11.0 Å². The molecule has 5 nitrogen and oxygen atoms in total. The SMILES string of the molecule is Cc1ccc(C(=O)Nc2cccc(C(F)(F)F)c2)cc1NCc1cnc2[nH]ccc2c1Cl. The number of pyridine rings is 1. The Labute approximate surface area is 186 Å². The normalized spacial score (nSPS) is 11.5. The number of aryl methyl sites for hydroxylation is 1. The van der Waals surface area contributed by atoms with Crippen molar-refractivity contribution in [1.82, 2.24) is 9.97 Å². The first-order valence-electron chi connectivity index (χ1n) is 9.66. The van der Waals surface area contributed by atoms with E-state index < -0.39 is 17.6 Å². The lowest BCUT2D eigenvalue weighted by Gasteiger charge is -2.13. The molecule has 4 rings (SSSR count). The topological polar surface area (TPSA) is 69.8 Å². The lowest BCUT2D eigenvalue weighted by Crippen LogP contribution is -2.14. The van der Waals surface area contributed by atoms with Gasteiger partial charge in [-0.3, -0.25) is 4.79 Å². The molecule has 164 valence electrons. The van der Waals surface area contributed by atoms with Gasteiger partial charge in [0.15, 0.2) is 0 Å². The third-order valence-electron chi connectivity index (χ3n) is 5.01. The predicted octanol–water partition coefficient (Wildman–Crippen LogP) is 6.41. The van der Waals surface area contributed by atoms with Crippen LogP contribution in [-0.4, -0.2) is 15.9 Å². The summed E-state index contributed by atoms with van der Waals surface area (Å²) in [4.78, 5) is 20.0. The molecule has 2 aromatic heterocycles. The highest BCUT2D eigenvalue weighted by Crippen LogP contribution is 2.31. The molecule has 0 aliphatic carbocycles. The van der Waals surface area contributed by atoms with Gasteiger partial charge in [0, 0.05) is 46.8 Å². The van der Waals surface area contributed by atoms with Crippen LogP contribution in [-0.2, 0) is 12.7 Å². The van der Waals surface area contributed by atoms with Gasteiger partial charge in [-0.05, 0) is 48.9 Å². The van der Waals surface area contributed by atoms with Gasteiger partial charge in [-0.15, -0.1) is 0 Å². The van der Waals surface area contributed by atoms with E-state index in [2.05, 4.69) is 20.6 Å². The van der Waals surface area contributed by atoms with Crippen LogP contribution in [0, 0.1) is 6.92 Å². The fraction of sp³-hybridized carbons (Fsp3) is 0.130. The minimum atomic E-state index is -4.48. The maximum atomic E-state index is 12.9. The highest BCUT2D eigenvalue weighted by molar-refractivity contribution is 6.36. The zero-order chi connectivity index (χ0) is 22.9. The number of carbonyl (C=O) groups is 1. The van der Waals surface area contributed by atoms with Crippen LogP contribution in [0.4, 0.5) is 24.5 Å². The average molecular weight is 459 g/mol. The van der Waals surface area contributed by atoms with Crippen LogP contribution in [0.5, 0.6) is 0 Å². The van der Waals surface area contributed by atoms with Crippen molar-refractivity contribution in [3.8, 4) is 0 Å². The van der Waals surface area contributed by atoms with Crippen LogP contribution in [0.15, 0.2) is 60.9 Å². The lowest BCUT2D eigenvalue weighted by molar-refractivity contribution is -0.137. The van der Waals surface area contributed by atoms with Gasteiger partial charge in [0.05, 0.1) is 10.6 Å². The highest BCUT2D eigenvalue weighted by Gasteiger charge is 2.30. The summed E-state index contributed by atoms with van der Waals surface area (Å²) < 4.78 is 38.7. The Balaban J connectivity index is 1.51. The zero-order valence-electron chi connectivity index (χ0n) is 16.8. The van der Waals surface area contributed by atoms with Crippen LogP contribution in [0.3, 0.4) is 0 Å². The van der Waals surface area contributed by atoms with Gasteiger partial charge in [-0.1, -0.05) is 23.7 Å². The van der Waals surface area contributed by atoms with Gasteiger partial charge in [0.1, 0.15) is 5.65 Å². The molecule has 4 aromatic rings. The molecule has 32 heavy (non-hydrogen) atoms. The molecule has 1 amide bonds. The number of carbonyl (C=O) groups excluding carboxylic acids is 1. The Hall–Kier alpha value is -3.52. The molecule has 0 aliphatic rings. The Kier molecular flexibility index (Phi) is 5.80. The summed E-state index contributed by atoms with van der Waals surface area (Å²) in [5, 5.41) is 7.17. The number of alkyl halides is 3. The van der Waals surface area contributed by atoms with Crippen molar-refractivity contribution in [2.75, 3.05) is 10.6 Å². The van der Waals surface area contributed by atoms with Crippen molar-refractivity contribution in [1.29, 1.82) is 0 Å². The summed E-state index contributed by atoms with van der Waals surface area (Å²) in [6, 6.07) is 11.4. The molecule has 0 atom stereocenters. The average Bonchev–Trinajstić information content (AvgIpc) is 3.23. The van der Waals surface area contributed by atoms with Crippen LogP contribution < -0.4 is 10.6 Å². The lowest BCUT2D eigenvalue weighted by atomic mass is 10.1. The smallest absolute Gasteiger partial charge is 0.381 e. The second-order valence-corrected chi connectivity index (χ2v) is 7.63. The molecule has 2 aromatic carbocycles. The molecule has 0 aliphatic heterocycles. The molecular weight excluding hydrogens is 441 g/mol. The van der Waals surface area contributed by atoms with Crippen LogP contribution in [0.2, 0.25) is 5.02 Å². The molecule has 9 heteroatoms. The first kappa shape index (κ1) is 21.7. The van der Waals surface area contributed by atoms with Crippen LogP contribution >= 0.6 is 11.6 Å². The monoisotopic (exact) mass is 458 g/mol. The number of nitrogens with one attached hydrogen (secondary N) is 3. The van der Waals surface area contributed by atoms with E-state index >= 15 is 0 Å². The molecule has 0 radical (unpaired) electrons. The van der Waals surface area contributed by atoms with E-state index in [-0.39, 0.29) is 5.69 Å². The first-order valence-corrected chi connectivity index (χ1v) is 10.0. The standard InChI is InChI=1S/C23H18ClF3N4O/c1-13-5-6-14(22(32)31-17-4-2-3-16(10-17)23(25,26)27)9-19(13)29-11-15-12-30-21-18(20(15)24)7-8-28-21/h2-10,12,29H,11H2,1H3,(H,28,30)(H,31,32). The Morgan fingerprint density at radius 3 is 2.75 bits per heavy atom. The molecule has 0 spiro atoms. The number of fused-ring (bicyclic) bond motifs is 1. The quantitative estimate of drug-likeness (QED) is 0.324. The maximum Gasteiger partial charge on any atom is 0.416 e. The molecule has 0 saturated carbocycles. The van der Waals surface area contributed by atoms with Gasteiger partial charge < -0.3 is 15.6 Å². The van der Waals surface area contributed by atoms with E-state index in [0.717, 1.165) is 28.6 Å². The zero-order valence-corrected chi connectivity index (χ0v) is 17.6. The molecule has 2 heterocycles. The van der Waals surface area contributed by atoms with E-state index in [1.807, 2.05) is 13.0 Å². The minimum Gasteiger partial charge on any atom is -0.381 e. The summed E-state index contributed by atoms with van der Waals surface area (Å²) in [6.07, 6.45) is -1.05. The van der Waals surface area contributed by atoms with Gasteiger partial charge in [-0.2, -0.15) is 13.2 Å². The largest absolute Gasteiger partial charge is 0.416 e. The second kappa shape index (κ2) is 8.55. The molecule has 0 saturated heterocycles. The summed E-state index contributed by atoms with van der Waals surface area (Å²) in [6.45, 7) is 2.26. The Morgan fingerprint density at radius 2 is 1.97 bits per heavy atom. The van der Waals surface area contributed by atoms with Gasteiger partial charge in [-0.25, -0.2) is 4.98 Å². The molecule has 3 N–H and O–H groups in total. The number of rotatable bonds is 5. The van der Waals surface area contributed by atoms with Crippen molar-refractivity contribution >= 4 is 39.9 Å². The van der Waals surface area contributed by atoms with E-state index in [4.69, 9.17) is 11.6 Å². The van der Waals surface area contributed by atoms with E-state index in [9.17, 15) is 18.0 Å². The number of aromatic amines is 1. The van der Waals surface area contributed by atoms with E-state index in [1.54, 1.807) is 30.6 Å². The molecular formula is C23H18ClF3N4O. The van der Waals surface area contributed by atoms with Crippen LogP contribution in [0.1, 0.15) is 27.0 Å². The van der Waals surface area contributed by atoms with Gasteiger partial charge >= 0.3 is 6.18 Å². The first-order chi connectivity index (χ1) is 15.2. The van der Waals surface area contributed by atoms with Gasteiger partial charge in [0.2, 0.25) is 0 Å². The van der Waals surface area contributed by atoms with Crippen molar-refractivity contribution in [3.05, 3.63) is 88.2 Å². The number of H-pyrrole nitrogens is 1. The molecule has 0 fully saturated rings. The number of nitrogens with zero attached hydrogens (tertiary/aromatic N) is 1. The Bertz CT molecular complexity index is 1300. The fourth-order valence-corrected chi connectivity index (χ4v) is 3.53. The second-order valence-electron chi connectivity index (χ2n) is 7.25. The van der Waals surface area contributed by atoms with Gasteiger partial charge in [0.25, 0.3) is 5.91 Å². The van der Waals surface area contributed by atoms with Crippen molar-refractivity contribution in [2.45, 2.75) is 19.6 Å². The number of amides is 1. The fourth-order valence-electron chi connectivity index (χ4n) is 3.26. The number of halogens is 4. The number of hydrogen-bond acceptors (Lipinski definition) is 3. The third-order valence-corrected chi connectivity index (χ3v) is 5.46. The Morgan fingerprint density at radius 1 is 1.16 bits per heavy atom. The minimum absolute atomic E-state index is 0.0672. The summed E-state index contributed by atoms with van der Waals surface area (Å²) >= 11 is 6.46. The number of hydrogen-bond donors (Lipinski definition) is 3. The summed E-state index contributed by atoms with van der Waals surface area (Å²) in [5.74, 6) is -0.513. The number of anilines is 2. The highest BCUT2D eigenvalue weighted by atomic mass is 35.5. The molecule has 0 bridgehead atoms. The summed E-state index contributed by atoms with van der Waals surface area (Å²) in [5.41, 5.74) is 2.63. The van der Waals surface area contributed by atoms with Crippen molar-refractivity contribution in [3.63, 3.8) is 0 Å². The predicted molar refractivity (Wildman–Crippen MR) is 119 cm³/mol.